The summed E-state index contributed by atoms with van der Waals surface area (Å²) in [7, 11) is 6.06. The second kappa shape index (κ2) is 24.9. The molecule has 0 bridgehead atoms. The number of carboxylic acids is 1. The molecule has 0 saturated carbocycles. The SMILES string of the molecule is COCCCC(=O)CC(CSSC(C)(C)CCC(=O)Nc1cc(COc2cc3c(cc2C)C(=O)N2c4ccccc4C[C@H]2[CH-]C3)cc(COc2cc3c(cc2OC)C(=O)N2c4ccccc4C[C@H]2CC3)c1)C(=O)O.[Y]. The van der Waals surface area contributed by atoms with Gasteiger partial charge in [0.1, 0.15) is 24.7 Å². The first-order valence-corrected chi connectivity index (χ1v) is 27.7. The number of nitrogens with one attached hydrogen (secondary N) is 1. The molecule has 0 fully saturated rings. The predicted molar refractivity (Wildman–Crippen MR) is 291 cm³/mol. The molecule has 4 aliphatic heterocycles. The van der Waals surface area contributed by atoms with E-state index in [9.17, 15) is 29.1 Å². The molecular weight excluding hydrogens is 1060 g/mol. The molecule has 9 rings (SSSR count). The molecule has 391 valence electrons. The number of anilines is 3. The van der Waals surface area contributed by atoms with E-state index >= 15 is 0 Å². The molecule has 4 heterocycles. The molecule has 3 amide bonds. The Balaban J connectivity index is 0.00000747. The van der Waals surface area contributed by atoms with Crippen molar-refractivity contribution in [3.05, 3.63) is 147 Å². The molecule has 5 aromatic rings. The number of nitrogens with zero attached hydrogens (tertiary/aromatic N) is 2. The van der Waals surface area contributed by atoms with Gasteiger partial charge in [-0.25, -0.2) is 0 Å². The molecule has 0 saturated heterocycles. The van der Waals surface area contributed by atoms with Crippen LogP contribution < -0.4 is 29.3 Å². The van der Waals surface area contributed by atoms with Gasteiger partial charge in [0.15, 0.2) is 11.5 Å². The molecule has 5 aromatic carbocycles. The number of methoxy groups -OCH3 is 2. The Bertz CT molecular complexity index is 2970. The third-order valence-corrected chi connectivity index (χ3v) is 17.8. The van der Waals surface area contributed by atoms with Crippen LogP contribution in [0.25, 0.3) is 0 Å². The summed E-state index contributed by atoms with van der Waals surface area (Å²) in [5, 5.41) is 12.9. The molecule has 4 aliphatic rings. The van der Waals surface area contributed by atoms with Gasteiger partial charge in [-0.1, -0.05) is 69.6 Å². The van der Waals surface area contributed by atoms with Gasteiger partial charge >= 0.3 is 5.97 Å². The minimum atomic E-state index is -0.996. The zero-order valence-corrected chi connectivity index (χ0v) is 47.8. The Morgan fingerprint density at radius 2 is 1.45 bits per heavy atom. The van der Waals surface area contributed by atoms with E-state index in [4.69, 9.17) is 18.9 Å². The Hall–Kier alpha value is -5.19. The summed E-state index contributed by atoms with van der Waals surface area (Å²) in [6.45, 7) is 6.73. The van der Waals surface area contributed by atoms with Crippen LogP contribution in [-0.4, -0.2) is 78.0 Å². The van der Waals surface area contributed by atoms with E-state index in [0.717, 1.165) is 58.5 Å². The van der Waals surface area contributed by atoms with E-state index in [1.165, 1.54) is 32.7 Å². The maximum atomic E-state index is 14.2. The second-order valence-electron chi connectivity index (χ2n) is 20.3. The number of ketones is 1. The molecule has 3 atom stereocenters. The summed E-state index contributed by atoms with van der Waals surface area (Å²) in [5.74, 6) is -0.254. The molecule has 16 heteroatoms. The van der Waals surface area contributed by atoms with E-state index in [1.54, 1.807) is 20.3 Å². The number of carbonyl (C=O) groups excluding carboxylic acids is 4. The summed E-state index contributed by atoms with van der Waals surface area (Å²) >= 11 is 0. The van der Waals surface area contributed by atoms with E-state index in [-0.39, 0.29) is 111 Å². The van der Waals surface area contributed by atoms with Gasteiger partial charge < -0.3 is 45.6 Å². The number of Topliss-reactive ketones (excluding diaryl/α,β-unsaturated/α-hetero) is 1. The number of aliphatic carboxylic acids is 1. The van der Waals surface area contributed by atoms with Crippen molar-refractivity contribution in [3.8, 4) is 17.2 Å². The fraction of sp³-hybridized carbons (Fsp3) is 0.390. The monoisotopic (exact) mass is 1130 g/mol. The molecule has 2 N–H and O–H groups in total. The summed E-state index contributed by atoms with van der Waals surface area (Å²) in [6.07, 6.45) is 7.50. The van der Waals surface area contributed by atoms with Gasteiger partial charge in [0.2, 0.25) is 5.91 Å². The van der Waals surface area contributed by atoms with Crippen LogP contribution in [0, 0.1) is 19.3 Å². The zero-order valence-electron chi connectivity index (χ0n) is 43.3. The van der Waals surface area contributed by atoms with E-state index < -0.39 is 11.9 Å². The van der Waals surface area contributed by atoms with Gasteiger partial charge in [-0.05, 0) is 147 Å². The van der Waals surface area contributed by atoms with Crippen molar-refractivity contribution in [3.63, 3.8) is 0 Å². The topological polar surface area (TPSA) is 161 Å². The van der Waals surface area contributed by atoms with E-state index in [0.29, 0.717) is 66.4 Å². The van der Waals surface area contributed by atoms with Crippen molar-refractivity contribution in [2.24, 2.45) is 5.92 Å². The number of benzene rings is 5. The molecule has 1 radical (unpaired) electrons. The molecule has 0 spiro atoms. The number of hydrogen-bond donors (Lipinski definition) is 2. The van der Waals surface area contributed by atoms with Crippen molar-refractivity contribution in [1.29, 1.82) is 0 Å². The van der Waals surface area contributed by atoms with Crippen LogP contribution in [0.5, 0.6) is 17.2 Å². The summed E-state index contributed by atoms with van der Waals surface area (Å²) in [5.41, 5.74) is 10.3. The third kappa shape index (κ3) is 13.2. The maximum absolute atomic E-state index is 14.2. The van der Waals surface area contributed by atoms with Crippen LogP contribution in [0.3, 0.4) is 0 Å². The van der Waals surface area contributed by atoms with Crippen LogP contribution in [0.2, 0.25) is 0 Å². The number of para-hydroxylation sites is 2. The first-order chi connectivity index (χ1) is 35.7. The predicted octanol–water partition coefficient (Wildman–Crippen LogP) is 11.0. The quantitative estimate of drug-likeness (QED) is 0.0384. The summed E-state index contributed by atoms with van der Waals surface area (Å²) < 4.78 is 23.6. The van der Waals surface area contributed by atoms with Gasteiger partial charge in [0, 0.05) is 110 Å². The van der Waals surface area contributed by atoms with Crippen LogP contribution in [0.4, 0.5) is 17.1 Å². The molecule has 13 nitrogen and oxygen atoms in total. The number of rotatable bonds is 22. The van der Waals surface area contributed by atoms with Crippen molar-refractivity contribution in [2.75, 3.05) is 41.7 Å². The van der Waals surface area contributed by atoms with Crippen LogP contribution in [0.1, 0.15) is 112 Å². The summed E-state index contributed by atoms with van der Waals surface area (Å²) in [4.78, 5) is 70.3. The van der Waals surface area contributed by atoms with Gasteiger partial charge in [-0.2, -0.15) is 6.42 Å². The van der Waals surface area contributed by atoms with Crippen LogP contribution >= 0.6 is 21.6 Å². The fourth-order valence-corrected chi connectivity index (χ4v) is 13.4. The van der Waals surface area contributed by atoms with Crippen molar-refractivity contribution >= 4 is 68.1 Å². The Labute approximate surface area is 472 Å². The molecule has 0 aromatic heterocycles. The molecule has 0 aliphatic carbocycles. The fourth-order valence-electron chi connectivity index (χ4n) is 10.5. The number of hydrogen-bond acceptors (Lipinski definition) is 11. The van der Waals surface area contributed by atoms with Gasteiger partial charge in [0.25, 0.3) is 11.8 Å². The van der Waals surface area contributed by atoms with Crippen molar-refractivity contribution in [1.82, 2.24) is 0 Å². The Morgan fingerprint density at radius 3 is 2.16 bits per heavy atom. The van der Waals surface area contributed by atoms with Gasteiger partial charge in [0.05, 0.1) is 13.0 Å². The smallest absolute Gasteiger partial charge is 0.307 e. The van der Waals surface area contributed by atoms with E-state index in [2.05, 4.69) is 23.9 Å². The molecular formula is C59H64N3O10S2Y-. The number of amides is 3. The van der Waals surface area contributed by atoms with Crippen LogP contribution in [-0.2, 0) is 90.7 Å². The third-order valence-electron chi connectivity index (χ3n) is 14.4. The van der Waals surface area contributed by atoms with Crippen LogP contribution in [0.15, 0.2) is 91.0 Å². The second-order valence-corrected chi connectivity index (χ2v) is 23.4. The summed E-state index contributed by atoms with van der Waals surface area (Å²) in [6, 6.07) is 29.6. The average molecular weight is 1130 g/mol. The maximum Gasteiger partial charge on any atom is 0.307 e. The van der Waals surface area contributed by atoms with Crippen molar-refractivity contribution in [2.45, 2.75) is 115 Å². The van der Waals surface area contributed by atoms with E-state index in [1.807, 2.05) is 103 Å². The number of fused-ring (bicyclic) bond motifs is 8. The number of carbonyl (C=O) groups is 5. The minimum Gasteiger partial charge on any atom is -0.493 e. The minimum absolute atomic E-state index is 0. The van der Waals surface area contributed by atoms with Gasteiger partial charge in [-0.3, -0.25) is 24.0 Å². The number of aryl methyl sites for hydroxylation is 2. The van der Waals surface area contributed by atoms with Gasteiger partial charge in [-0.15, -0.1) is 0 Å². The normalized spacial score (nSPS) is 16.7. The number of ether oxygens (including phenoxy) is 4. The first kappa shape index (κ1) is 56.0. The van der Waals surface area contributed by atoms with Crippen molar-refractivity contribution < 1.29 is 80.7 Å². The Morgan fingerprint density at radius 1 is 0.800 bits per heavy atom. The largest absolute Gasteiger partial charge is 0.493 e. The zero-order chi connectivity index (χ0) is 52.1. The molecule has 1 unspecified atom stereocenters. The number of carboxylic acid groups (broad SMARTS) is 1. The Kier molecular flexibility index (Phi) is 18.6. The average Bonchev–Trinajstić information content (AvgIpc) is 3.88. The standard InChI is InChI=1S/C59H64N3O10S2.Y/c1-36-23-48-39(16-18-45-27-41-11-6-8-14-50(41)61(45)56(48)65)30-52(36)71-33-37-24-38(26-44(25-37)60-55(64)20-21-59(2,3)74-73-35-43(58(67)68)29-47(63)13-10-22-69-4)34-72-54-31-40-17-19-46-28-42-12-7-9-15-51(42)62(46)57(66)49(40)32-53(54)70-5;/h6-9,11-12,14-15,18,23-26,30-32,43,45-46H,10,13,16-17,19-22,27-29,33-35H2,1-5H3,(H,60,64)(H,67,68);/q-1;/t43?,45-,46-;/m1./s1. The first-order valence-electron chi connectivity index (χ1n) is 25.4. The molecule has 75 heavy (non-hydrogen) atoms.